The van der Waals surface area contributed by atoms with Crippen molar-refractivity contribution in [2.24, 2.45) is 5.41 Å². The monoisotopic (exact) mass is 277 g/mol. The molecule has 1 aromatic rings. The number of hydrogen-bond acceptors (Lipinski definition) is 2. The van der Waals surface area contributed by atoms with Gasteiger partial charge in [0.15, 0.2) is 0 Å². The van der Waals surface area contributed by atoms with Gasteiger partial charge in [-0.1, -0.05) is 39.0 Å². The summed E-state index contributed by atoms with van der Waals surface area (Å²) in [5.41, 5.74) is 1.64. The van der Waals surface area contributed by atoms with E-state index >= 15 is 0 Å². The first-order valence-corrected chi connectivity index (χ1v) is 6.78. The van der Waals surface area contributed by atoms with Crippen molar-refractivity contribution < 1.29 is 14.7 Å². The summed E-state index contributed by atoms with van der Waals surface area (Å²) < 4.78 is 0. The first-order valence-electron chi connectivity index (χ1n) is 6.78. The van der Waals surface area contributed by atoms with Crippen molar-refractivity contribution in [2.45, 2.75) is 40.5 Å². The van der Waals surface area contributed by atoms with Crippen molar-refractivity contribution in [3.8, 4) is 0 Å². The van der Waals surface area contributed by atoms with E-state index in [2.05, 4.69) is 0 Å². The zero-order chi connectivity index (χ0) is 15.3. The van der Waals surface area contributed by atoms with Crippen LogP contribution in [-0.4, -0.2) is 23.5 Å². The molecule has 4 nitrogen and oxygen atoms in total. The second-order valence-corrected chi connectivity index (χ2v) is 6.21. The molecule has 0 saturated heterocycles. The van der Waals surface area contributed by atoms with E-state index in [0.717, 1.165) is 11.3 Å². The van der Waals surface area contributed by atoms with E-state index < -0.39 is 5.97 Å². The fourth-order valence-electron chi connectivity index (χ4n) is 2.00. The van der Waals surface area contributed by atoms with Gasteiger partial charge in [0.1, 0.15) is 0 Å². The predicted octanol–water partition coefficient (Wildman–Crippen LogP) is 3.24. The Morgan fingerprint density at radius 2 is 1.80 bits per heavy atom. The Bertz CT molecular complexity index is 489. The molecule has 0 saturated carbocycles. The topological polar surface area (TPSA) is 57.6 Å². The number of amides is 1. The molecule has 0 atom stereocenters. The average Bonchev–Trinajstić information content (AvgIpc) is 2.28. The maximum atomic E-state index is 12.5. The summed E-state index contributed by atoms with van der Waals surface area (Å²) in [5.74, 6) is -0.930. The molecule has 1 N–H and O–H groups in total. The summed E-state index contributed by atoms with van der Waals surface area (Å²) in [4.78, 5) is 24.8. The molecule has 0 unspecified atom stereocenters. The number of nitrogens with zero attached hydrogens (tertiary/aromatic N) is 1. The summed E-state index contributed by atoms with van der Waals surface area (Å²) in [6.45, 7) is 8.12. The number of aryl methyl sites for hydroxylation is 1. The first-order chi connectivity index (χ1) is 9.20. The number of para-hydroxylation sites is 1. The van der Waals surface area contributed by atoms with Gasteiger partial charge in [0, 0.05) is 18.7 Å². The van der Waals surface area contributed by atoms with E-state index in [1.54, 1.807) is 4.90 Å². The van der Waals surface area contributed by atoms with Gasteiger partial charge in [-0.15, -0.1) is 0 Å². The average molecular weight is 277 g/mol. The third-order valence-electron chi connectivity index (χ3n) is 2.94. The molecule has 1 amide bonds. The zero-order valence-corrected chi connectivity index (χ0v) is 12.6. The second kappa shape index (κ2) is 6.55. The lowest BCUT2D eigenvalue weighted by Gasteiger charge is -2.27. The molecule has 0 aliphatic carbocycles. The molecule has 0 bridgehead atoms. The lowest BCUT2D eigenvalue weighted by atomic mass is 9.91. The minimum atomic E-state index is -0.896. The Morgan fingerprint density at radius 3 is 2.30 bits per heavy atom. The van der Waals surface area contributed by atoms with Gasteiger partial charge < -0.3 is 10.0 Å². The van der Waals surface area contributed by atoms with Crippen LogP contribution in [0.5, 0.6) is 0 Å². The van der Waals surface area contributed by atoms with Gasteiger partial charge in [0.2, 0.25) is 5.91 Å². The fraction of sp³-hybridized carbons (Fsp3) is 0.500. The molecule has 0 spiro atoms. The van der Waals surface area contributed by atoms with Gasteiger partial charge in [-0.2, -0.15) is 0 Å². The molecule has 1 rings (SSSR count). The molecule has 4 heteroatoms. The van der Waals surface area contributed by atoms with Crippen LogP contribution < -0.4 is 4.90 Å². The number of carboxylic acids is 1. The number of carboxylic acid groups (broad SMARTS) is 1. The summed E-state index contributed by atoms with van der Waals surface area (Å²) in [6, 6.07) is 7.55. The van der Waals surface area contributed by atoms with Crippen molar-refractivity contribution in [2.75, 3.05) is 11.4 Å². The van der Waals surface area contributed by atoms with Crippen LogP contribution in [0.4, 0.5) is 5.69 Å². The third-order valence-corrected chi connectivity index (χ3v) is 2.94. The van der Waals surface area contributed by atoms with E-state index in [9.17, 15) is 9.59 Å². The third kappa shape index (κ3) is 5.03. The van der Waals surface area contributed by atoms with Gasteiger partial charge in [0.25, 0.3) is 0 Å². The number of carbonyl (C=O) groups excluding carboxylic acids is 1. The van der Waals surface area contributed by atoms with Gasteiger partial charge in [0.05, 0.1) is 6.42 Å². The Hall–Kier alpha value is -1.84. The molecule has 0 aromatic heterocycles. The highest BCUT2D eigenvalue weighted by molar-refractivity contribution is 5.94. The van der Waals surface area contributed by atoms with Gasteiger partial charge in [-0.05, 0) is 24.0 Å². The van der Waals surface area contributed by atoms with Gasteiger partial charge >= 0.3 is 5.97 Å². The SMILES string of the molecule is Cc1ccccc1N(CCC(=O)O)C(=O)CC(C)(C)C. The van der Waals surface area contributed by atoms with E-state index in [1.807, 2.05) is 52.0 Å². The molecule has 0 aliphatic heterocycles. The molecular formula is C16H23NO3. The molecule has 20 heavy (non-hydrogen) atoms. The van der Waals surface area contributed by atoms with Crippen LogP contribution in [0.3, 0.4) is 0 Å². The summed E-state index contributed by atoms with van der Waals surface area (Å²) in [6.07, 6.45) is 0.338. The highest BCUT2D eigenvalue weighted by Gasteiger charge is 2.23. The second-order valence-electron chi connectivity index (χ2n) is 6.21. The zero-order valence-electron chi connectivity index (χ0n) is 12.6. The quantitative estimate of drug-likeness (QED) is 0.899. The van der Waals surface area contributed by atoms with E-state index in [-0.39, 0.29) is 24.3 Å². The van der Waals surface area contributed by atoms with Crippen LogP contribution in [0.25, 0.3) is 0 Å². The summed E-state index contributed by atoms with van der Waals surface area (Å²) >= 11 is 0. The molecule has 0 aliphatic rings. The number of benzene rings is 1. The molecular weight excluding hydrogens is 254 g/mol. The van der Waals surface area contributed by atoms with Crippen molar-refractivity contribution >= 4 is 17.6 Å². The highest BCUT2D eigenvalue weighted by Crippen LogP contribution is 2.25. The first kappa shape index (κ1) is 16.2. The molecule has 1 aromatic carbocycles. The van der Waals surface area contributed by atoms with Crippen LogP contribution in [0.2, 0.25) is 0 Å². The Labute approximate surface area is 120 Å². The highest BCUT2D eigenvalue weighted by atomic mass is 16.4. The smallest absolute Gasteiger partial charge is 0.305 e. The fourth-order valence-corrected chi connectivity index (χ4v) is 2.00. The molecule has 110 valence electrons. The van der Waals surface area contributed by atoms with Crippen LogP contribution in [0.15, 0.2) is 24.3 Å². The van der Waals surface area contributed by atoms with Crippen LogP contribution >= 0.6 is 0 Å². The predicted molar refractivity (Wildman–Crippen MR) is 79.9 cm³/mol. The number of hydrogen-bond donors (Lipinski definition) is 1. The Balaban J connectivity index is 2.99. The van der Waals surface area contributed by atoms with Crippen molar-refractivity contribution in [1.82, 2.24) is 0 Å². The number of anilines is 1. The number of rotatable bonds is 5. The van der Waals surface area contributed by atoms with E-state index in [1.165, 1.54) is 0 Å². The van der Waals surface area contributed by atoms with Crippen LogP contribution in [0.1, 0.15) is 39.2 Å². The van der Waals surface area contributed by atoms with Crippen LogP contribution in [0, 0.1) is 12.3 Å². The number of aliphatic carboxylic acids is 1. The van der Waals surface area contributed by atoms with Crippen molar-refractivity contribution in [1.29, 1.82) is 0 Å². The minimum absolute atomic E-state index is 0.0342. The van der Waals surface area contributed by atoms with Gasteiger partial charge in [-0.3, -0.25) is 9.59 Å². The maximum absolute atomic E-state index is 12.5. The Kier molecular flexibility index (Phi) is 5.31. The van der Waals surface area contributed by atoms with Gasteiger partial charge in [-0.25, -0.2) is 0 Å². The molecule has 0 fully saturated rings. The van der Waals surface area contributed by atoms with E-state index in [4.69, 9.17) is 5.11 Å². The Morgan fingerprint density at radius 1 is 1.20 bits per heavy atom. The number of carbonyl (C=O) groups is 2. The maximum Gasteiger partial charge on any atom is 0.305 e. The lowest BCUT2D eigenvalue weighted by molar-refractivity contribution is -0.136. The lowest BCUT2D eigenvalue weighted by Crippen LogP contribution is -2.35. The molecule has 0 heterocycles. The minimum Gasteiger partial charge on any atom is -0.481 e. The van der Waals surface area contributed by atoms with E-state index in [0.29, 0.717) is 6.42 Å². The van der Waals surface area contributed by atoms with Crippen molar-refractivity contribution in [3.63, 3.8) is 0 Å². The van der Waals surface area contributed by atoms with Crippen molar-refractivity contribution in [3.05, 3.63) is 29.8 Å². The summed E-state index contributed by atoms with van der Waals surface area (Å²) in [5, 5.41) is 8.85. The largest absolute Gasteiger partial charge is 0.481 e. The summed E-state index contributed by atoms with van der Waals surface area (Å²) in [7, 11) is 0. The normalized spacial score (nSPS) is 11.2. The van der Waals surface area contributed by atoms with Crippen LogP contribution in [-0.2, 0) is 9.59 Å². The standard InChI is InChI=1S/C16H23NO3/c1-12-7-5-6-8-13(12)17(10-9-15(19)20)14(18)11-16(2,3)4/h5-8H,9-11H2,1-4H3,(H,19,20). The molecule has 0 radical (unpaired) electrons.